The van der Waals surface area contributed by atoms with Crippen molar-refractivity contribution >= 4 is 18.0 Å². The maximum Gasteiger partial charge on any atom is 0.123 e. The Labute approximate surface area is 83.0 Å². The molecule has 0 aliphatic heterocycles. The van der Waals surface area contributed by atoms with E-state index in [0.717, 1.165) is 11.1 Å². The molecule has 0 saturated carbocycles. The van der Waals surface area contributed by atoms with Gasteiger partial charge in [0.15, 0.2) is 0 Å². The highest BCUT2D eigenvalue weighted by Crippen LogP contribution is 2.11. The molecule has 1 aromatic rings. The van der Waals surface area contributed by atoms with Gasteiger partial charge in [-0.3, -0.25) is 11.3 Å². The monoisotopic (exact) mass is 202 g/mol. The number of benzene rings is 1. The molecule has 3 N–H and O–H groups in total. The van der Waals surface area contributed by atoms with E-state index < -0.39 is 0 Å². The third-order valence-electron chi connectivity index (χ3n) is 1.57. The Hall–Kier alpha value is -0.900. The molecule has 0 fully saturated rings. The third-order valence-corrected chi connectivity index (χ3v) is 1.57. The first kappa shape index (κ1) is 12.1. The third kappa shape index (κ3) is 3.55. The van der Waals surface area contributed by atoms with Crippen LogP contribution in [0.3, 0.4) is 0 Å². The van der Waals surface area contributed by atoms with E-state index in [1.54, 1.807) is 12.1 Å². The molecule has 0 spiro atoms. The minimum atomic E-state index is -0.243. The van der Waals surface area contributed by atoms with E-state index in [1.807, 2.05) is 0 Å². The van der Waals surface area contributed by atoms with Crippen LogP contribution in [0.1, 0.15) is 5.56 Å². The second-order valence-electron chi connectivity index (χ2n) is 2.49. The van der Waals surface area contributed by atoms with E-state index in [9.17, 15) is 4.39 Å². The molecule has 0 atom stereocenters. The second kappa shape index (κ2) is 5.70. The van der Waals surface area contributed by atoms with Crippen molar-refractivity contribution in [3.05, 3.63) is 42.2 Å². The molecule has 4 heteroatoms. The van der Waals surface area contributed by atoms with Crippen LogP contribution >= 0.6 is 12.4 Å². The summed E-state index contributed by atoms with van der Waals surface area (Å²) in [6, 6.07) is 6.15. The van der Waals surface area contributed by atoms with E-state index in [0.29, 0.717) is 6.54 Å². The van der Waals surface area contributed by atoms with Gasteiger partial charge in [-0.15, -0.1) is 12.4 Å². The lowest BCUT2D eigenvalue weighted by Gasteiger charge is -2.03. The molecule has 0 heterocycles. The zero-order valence-corrected chi connectivity index (χ0v) is 7.90. The van der Waals surface area contributed by atoms with Crippen molar-refractivity contribution < 1.29 is 4.39 Å². The maximum absolute atomic E-state index is 12.5. The lowest BCUT2D eigenvalue weighted by molar-refractivity contribution is 0.627. The van der Waals surface area contributed by atoms with E-state index in [4.69, 9.17) is 5.84 Å². The van der Waals surface area contributed by atoms with Crippen LogP contribution in [0.2, 0.25) is 0 Å². The summed E-state index contributed by atoms with van der Waals surface area (Å²) >= 11 is 0. The molecule has 0 aliphatic carbocycles. The zero-order chi connectivity index (χ0) is 8.97. The Morgan fingerprint density at radius 1 is 1.38 bits per heavy atom. The van der Waals surface area contributed by atoms with E-state index in [2.05, 4.69) is 12.0 Å². The van der Waals surface area contributed by atoms with E-state index in [1.165, 1.54) is 12.1 Å². The molecule has 0 saturated heterocycles. The fourth-order valence-electron chi connectivity index (χ4n) is 0.911. The van der Waals surface area contributed by atoms with Gasteiger partial charge < -0.3 is 0 Å². The molecular weight excluding hydrogens is 191 g/mol. The van der Waals surface area contributed by atoms with Gasteiger partial charge >= 0.3 is 0 Å². The summed E-state index contributed by atoms with van der Waals surface area (Å²) < 4.78 is 12.5. The van der Waals surface area contributed by atoms with Gasteiger partial charge in [-0.2, -0.15) is 0 Å². The molecule has 0 radical (unpaired) electrons. The number of hydrogen-bond acceptors (Lipinski definition) is 2. The first-order valence-corrected chi connectivity index (χ1v) is 3.61. The van der Waals surface area contributed by atoms with Crippen LogP contribution in [-0.4, -0.2) is 6.54 Å². The quantitative estimate of drug-likeness (QED) is 0.579. The van der Waals surface area contributed by atoms with E-state index >= 15 is 0 Å². The lowest BCUT2D eigenvalue weighted by atomic mass is 10.1. The molecule has 0 aromatic heterocycles. The minimum Gasteiger partial charge on any atom is -0.271 e. The summed E-state index contributed by atoms with van der Waals surface area (Å²) in [5.74, 6) is 4.87. The topological polar surface area (TPSA) is 38.0 Å². The van der Waals surface area contributed by atoms with Gasteiger partial charge in [0.25, 0.3) is 0 Å². The fraction of sp³-hybridized carbons (Fsp3) is 0.111. The van der Waals surface area contributed by atoms with Gasteiger partial charge in [0.2, 0.25) is 0 Å². The minimum absolute atomic E-state index is 0. The maximum atomic E-state index is 12.5. The van der Waals surface area contributed by atoms with Gasteiger partial charge in [-0.1, -0.05) is 18.7 Å². The molecule has 0 unspecified atom stereocenters. The van der Waals surface area contributed by atoms with Crippen LogP contribution < -0.4 is 11.3 Å². The predicted molar refractivity (Wildman–Crippen MR) is 54.9 cm³/mol. The largest absolute Gasteiger partial charge is 0.271 e. The molecule has 0 bridgehead atoms. The Morgan fingerprint density at radius 3 is 2.38 bits per heavy atom. The van der Waals surface area contributed by atoms with Gasteiger partial charge in [-0.05, 0) is 23.3 Å². The van der Waals surface area contributed by atoms with Crippen LogP contribution in [0.15, 0.2) is 30.8 Å². The normalized spacial score (nSPS) is 9.08. The SMILES string of the molecule is C=C(CNN)c1ccc(F)cc1.Cl. The highest BCUT2D eigenvalue weighted by Gasteiger charge is 1.96. The smallest absolute Gasteiger partial charge is 0.123 e. The molecule has 13 heavy (non-hydrogen) atoms. The van der Waals surface area contributed by atoms with Crippen molar-refractivity contribution in [2.24, 2.45) is 5.84 Å². The average molecular weight is 203 g/mol. The summed E-state index contributed by atoms with van der Waals surface area (Å²) in [6.07, 6.45) is 0. The summed E-state index contributed by atoms with van der Waals surface area (Å²) in [5.41, 5.74) is 4.23. The number of halogens is 2. The summed E-state index contributed by atoms with van der Waals surface area (Å²) in [5, 5.41) is 0. The average Bonchev–Trinajstić information content (AvgIpc) is 2.06. The van der Waals surface area contributed by atoms with Gasteiger partial charge in [0.1, 0.15) is 5.82 Å². The van der Waals surface area contributed by atoms with Crippen LogP contribution in [0.4, 0.5) is 4.39 Å². The molecule has 0 aliphatic rings. The standard InChI is InChI=1S/C9H11FN2.ClH/c1-7(6-12-11)8-2-4-9(10)5-3-8;/h2-5,12H,1,6,11H2;1H. The van der Waals surface area contributed by atoms with Crippen molar-refractivity contribution in [1.29, 1.82) is 0 Å². The van der Waals surface area contributed by atoms with Crippen molar-refractivity contribution in [2.45, 2.75) is 0 Å². The van der Waals surface area contributed by atoms with Gasteiger partial charge in [0.05, 0.1) is 0 Å². The molecule has 2 nitrogen and oxygen atoms in total. The molecule has 1 rings (SSSR count). The molecule has 0 amide bonds. The zero-order valence-electron chi connectivity index (χ0n) is 7.09. The van der Waals surface area contributed by atoms with Crippen LogP contribution in [0, 0.1) is 5.82 Å². The highest BCUT2D eigenvalue weighted by molar-refractivity contribution is 5.85. The lowest BCUT2D eigenvalue weighted by Crippen LogP contribution is -2.23. The summed E-state index contributed by atoms with van der Waals surface area (Å²) in [6.45, 7) is 4.28. The van der Waals surface area contributed by atoms with Crippen LogP contribution in [-0.2, 0) is 0 Å². The van der Waals surface area contributed by atoms with Gasteiger partial charge in [0, 0.05) is 6.54 Å². The second-order valence-corrected chi connectivity index (χ2v) is 2.49. The Balaban J connectivity index is 0.00000144. The van der Waals surface area contributed by atoms with E-state index in [-0.39, 0.29) is 18.2 Å². The number of hydrazine groups is 1. The van der Waals surface area contributed by atoms with Gasteiger partial charge in [-0.25, -0.2) is 4.39 Å². The summed E-state index contributed by atoms with van der Waals surface area (Å²) in [7, 11) is 0. The first-order chi connectivity index (χ1) is 5.74. The Morgan fingerprint density at radius 2 is 1.92 bits per heavy atom. The number of nitrogens with two attached hydrogens (primary N) is 1. The first-order valence-electron chi connectivity index (χ1n) is 3.61. The highest BCUT2D eigenvalue weighted by atomic mass is 35.5. The van der Waals surface area contributed by atoms with Crippen molar-refractivity contribution in [3.8, 4) is 0 Å². The number of rotatable bonds is 3. The van der Waals surface area contributed by atoms with Crippen molar-refractivity contribution in [2.75, 3.05) is 6.54 Å². The van der Waals surface area contributed by atoms with Crippen molar-refractivity contribution in [3.63, 3.8) is 0 Å². The number of hydrogen-bond donors (Lipinski definition) is 2. The molecule has 1 aromatic carbocycles. The van der Waals surface area contributed by atoms with Crippen molar-refractivity contribution in [1.82, 2.24) is 5.43 Å². The molecular formula is C9H12ClFN2. The van der Waals surface area contributed by atoms with Crippen LogP contribution in [0.25, 0.3) is 5.57 Å². The summed E-state index contributed by atoms with van der Waals surface area (Å²) in [4.78, 5) is 0. The predicted octanol–water partition coefficient (Wildman–Crippen LogP) is 1.72. The number of nitrogens with one attached hydrogen (secondary N) is 1. The Bertz CT molecular complexity index is 271. The van der Waals surface area contributed by atoms with Crippen LogP contribution in [0.5, 0.6) is 0 Å². The molecule has 72 valence electrons. The Kier molecular flexibility index (Phi) is 5.30. The fourth-order valence-corrected chi connectivity index (χ4v) is 0.911.